The van der Waals surface area contributed by atoms with Gasteiger partial charge >= 0.3 is 79.3 Å². The SMILES string of the molecule is CC(=O)/C=C(\C)[Te]C(C)(C)C. The van der Waals surface area contributed by atoms with Crippen molar-refractivity contribution in [2.75, 3.05) is 0 Å². The van der Waals surface area contributed by atoms with Gasteiger partial charge in [-0.25, -0.2) is 0 Å². The number of hydrogen-bond acceptors (Lipinski definition) is 1. The summed E-state index contributed by atoms with van der Waals surface area (Å²) < 4.78 is 1.72. The molecule has 0 aliphatic carbocycles. The van der Waals surface area contributed by atoms with Crippen molar-refractivity contribution >= 4 is 26.7 Å². The Kier molecular flexibility index (Phi) is 4.36. The number of ketones is 1. The van der Waals surface area contributed by atoms with Crippen LogP contribution in [0.5, 0.6) is 0 Å². The summed E-state index contributed by atoms with van der Waals surface area (Å²) in [6.07, 6.45) is 1.77. The molecule has 0 atom stereocenters. The molecule has 2 heteroatoms. The molecule has 1 nitrogen and oxygen atoms in total. The van der Waals surface area contributed by atoms with Crippen molar-refractivity contribution in [2.24, 2.45) is 0 Å². The number of hydrogen-bond donors (Lipinski definition) is 0. The van der Waals surface area contributed by atoms with Crippen molar-refractivity contribution < 1.29 is 4.79 Å². The predicted molar refractivity (Wildman–Crippen MR) is 49.9 cm³/mol. The Bertz CT molecular complexity index is 174. The summed E-state index contributed by atoms with van der Waals surface area (Å²) in [5.41, 5.74) is 0. The first-order valence-corrected chi connectivity index (χ1v) is 6.02. The van der Waals surface area contributed by atoms with Crippen LogP contribution in [0.25, 0.3) is 0 Å². The standard InChI is InChI=1S/C9H16OTe/c1-7(10)6-8(2)11-9(3,4)5/h6H,1-5H3/b8-6+. The van der Waals surface area contributed by atoms with E-state index in [2.05, 4.69) is 27.7 Å². The molecule has 11 heavy (non-hydrogen) atoms. The maximum absolute atomic E-state index is 10.7. The first-order chi connectivity index (χ1) is 4.81. The first-order valence-electron chi connectivity index (χ1n) is 3.69. The van der Waals surface area contributed by atoms with E-state index >= 15 is 0 Å². The van der Waals surface area contributed by atoms with E-state index in [-0.39, 0.29) is 26.7 Å². The van der Waals surface area contributed by atoms with Crippen LogP contribution in [0.4, 0.5) is 0 Å². The summed E-state index contributed by atoms with van der Waals surface area (Å²) in [5.74, 6) is 0.178. The normalized spacial score (nSPS) is 13.4. The Morgan fingerprint density at radius 1 is 1.27 bits per heavy atom. The molecule has 0 amide bonds. The van der Waals surface area contributed by atoms with Crippen molar-refractivity contribution in [3.63, 3.8) is 0 Å². The Balaban J connectivity index is 4.07. The molecule has 0 aromatic rings. The van der Waals surface area contributed by atoms with Gasteiger partial charge in [0.2, 0.25) is 0 Å². The summed E-state index contributed by atoms with van der Waals surface area (Å²) in [7, 11) is 0. The van der Waals surface area contributed by atoms with E-state index in [1.54, 1.807) is 13.0 Å². The second-order valence-electron chi connectivity index (χ2n) is 3.58. The second-order valence-corrected chi connectivity index (χ2v) is 9.50. The third-order valence-corrected chi connectivity index (χ3v) is 3.88. The zero-order chi connectivity index (χ0) is 9.07. The van der Waals surface area contributed by atoms with Gasteiger partial charge in [0, 0.05) is 0 Å². The molecule has 0 aromatic heterocycles. The minimum atomic E-state index is -0.150. The van der Waals surface area contributed by atoms with Crippen LogP contribution in [0, 0.1) is 0 Å². The molecule has 64 valence electrons. The Hall–Kier alpha value is 0.200. The molecular weight excluding hydrogens is 252 g/mol. The molecule has 0 aliphatic heterocycles. The average molecular weight is 268 g/mol. The zero-order valence-corrected chi connectivity index (χ0v) is 10.2. The van der Waals surface area contributed by atoms with E-state index in [4.69, 9.17) is 0 Å². The van der Waals surface area contributed by atoms with Crippen molar-refractivity contribution in [3.8, 4) is 0 Å². The van der Waals surface area contributed by atoms with Gasteiger partial charge in [-0.3, -0.25) is 0 Å². The number of carbonyl (C=O) groups is 1. The van der Waals surface area contributed by atoms with E-state index in [0.717, 1.165) is 0 Å². The monoisotopic (exact) mass is 270 g/mol. The summed E-state index contributed by atoms with van der Waals surface area (Å²) in [5, 5.41) is 0. The van der Waals surface area contributed by atoms with E-state index in [9.17, 15) is 4.79 Å². The van der Waals surface area contributed by atoms with Gasteiger partial charge in [0.05, 0.1) is 0 Å². The van der Waals surface area contributed by atoms with Gasteiger partial charge in [0.15, 0.2) is 0 Å². The second kappa shape index (κ2) is 4.28. The van der Waals surface area contributed by atoms with E-state index in [1.165, 1.54) is 3.62 Å². The summed E-state index contributed by atoms with van der Waals surface area (Å²) in [4.78, 5) is 10.7. The van der Waals surface area contributed by atoms with Crippen LogP contribution in [0.1, 0.15) is 34.6 Å². The predicted octanol–water partition coefficient (Wildman–Crippen LogP) is 2.40. The number of carbonyl (C=O) groups excluding carboxylic acids is 1. The van der Waals surface area contributed by atoms with Crippen molar-refractivity contribution in [2.45, 2.75) is 38.1 Å². The molecule has 0 bridgehead atoms. The topological polar surface area (TPSA) is 17.1 Å². The van der Waals surface area contributed by atoms with Crippen molar-refractivity contribution in [3.05, 3.63) is 9.70 Å². The number of allylic oxidation sites excluding steroid dienone is 2. The third kappa shape index (κ3) is 8.10. The van der Waals surface area contributed by atoms with Crippen LogP contribution in [-0.2, 0) is 4.79 Å². The van der Waals surface area contributed by atoms with Crippen molar-refractivity contribution in [1.29, 1.82) is 0 Å². The van der Waals surface area contributed by atoms with Gasteiger partial charge in [-0.05, 0) is 0 Å². The van der Waals surface area contributed by atoms with Crippen LogP contribution in [0.2, 0.25) is 3.46 Å². The fourth-order valence-corrected chi connectivity index (χ4v) is 4.20. The zero-order valence-electron chi connectivity index (χ0n) is 7.89. The summed E-state index contributed by atoms with van der Waals surface area (Å²) in [6.45, 7) is 10.4. The van der Waals surface area contributed by atoms with Gasteiger partial charge in [-0.2, -0.15) is 0 Å². The molecular formula is C9H16OTe. The summed E-state index contributed by atoms with van der Waals surface area (Å²) >= 11 is -0.150. The Labute approximate surface area is 79.3 Å². The molecule has 0 N–H and O–H groups in total. The van der Waals surface area contributed by atoms with Crippen LogP contribution >= 0.6 is 0 Å². The van der Waals surface area contributed by atoms with Gasteiger partial charge in [-0.15, -0.1) is 0 Å². The molecule has 0 heterocycles. The first kappa shape index (κ1) is 11.2. The molecule has 0 spiro atoms. The van der Waals surface area contributed by atoms with E-state index in [0.29, 0.717) is 3.46 Å². The molecule has 0 saturated carbocycles. The minimum absolute atomic E-state index is 0.150. The summed E-state index contributed by atoms with van der Waals surface area (Å²) in [6, 6.07) is 0. The Morgan fingerprint density at radius 2 is 1.73 bits per heavy atom. The van der Waals surface area contributed by atoms with Crippen LogP contribution in [0.15, 0.2) is 9.70 Å². The molecule has 0 aliphatic rings. The molecule has 0 unspecified atom stereocenters. The quantitative estimate of drug-likeness (QED) is 0.555. The third-order valence-electron chi connectivity index (χ3n) is 0.874. The van der Waals surface area contributed by atoms with Gasteiger partial charge in [-0.1, -0.05) is 0 Å². The molecule has 0 aromatic carbocycles. The molecule has 0 radical (unpaired) electrons. The average Bonchev–Trinajstić information content (AvgIpc) is 1.53. The molecule has 0 rings (SSSR count). The Morgan fingerprint density at radius 3 is 2.00 bits per heavy atom. The molecule has 0 fully saturated rings. The van der Waals surface area contributed by atoms with E-state index in [1.807, 2.05) is 0 Å². The van der Waals surface area contributed by atoms with Crippen molar-refractivity contribution in [1.82, 2.24) is 0 Å². The van der Waals surface area contributed by atoms with Gasteiger partial charge in [0.25, 0.3) is 0 Å². The molecule has 0 saturated heterocycles. The van der Waals surface area contributed by atoms with E-state index < -0.39 is 0 Å². The fraction of sp³-hybridized carbons (Fsp3) is 0.667. The number of rotatable bonds is 2. The van der Waals surface area contributed by atoms with Crippen LogP contribution in [-0.4, -0.2) is 26.7 Å². The fourth-order valence-electron chi connectivity index (χ4n) is 0.799. The maximum atomic E-state index is 10.7. The van der Waals surface area contributed by atoms with Gasteiger partial charge in [0.1, 0.15) is 0 Å². The van der Waals surface area contributed by atoms with Gasteiger partial charge < -0.3 is 0 Å². The van der Waals surface area contributed by atoms with Crippen LogP contribution < -0.4 is 0 Å². The van der Waals surface area contributed by atoms with Crippen LogP contribution in [0.3, 0.4) is 0 Å².